The van der Waals surface area contributed by atoms with E-state index in [1.54, 1.807) is 51.7 Å². The first kappa shape index (κ1) is 62.2. The minimum Gasteiger partial charge on any atom is -0.292 e. The van der Waals surface area contributed by atoms with Gasteiger partial charge in [0.2, 0.25) is 23.1 Å². The second-order valence-corrected chi connectivity index (χ2v) is 38.8. The van der Waals surface area contributed by atoms with E-state index in [2.05, 4.69) is 24.3 Å². The molecular weight excluding hydrogens is 1380 g/mol. The molecule has 6 heterocycles. The van der Waals surface area contributed by atoms with Crippen LogP contribution in [0.3, 0.4) is 0 Å². The van der Waals surface area contributed by atoms with Crippen molar-refractivity contribution in [2.45, 2.75) is 189 Å². The Labute approximate surface area is 614 Å². The van der Waals surface area contributed by atoms with Crippen molar-refractivity contribution in [3.8, 4) is 0 Å². The Morgan fingerprint density at radius 2 is 0.735 bits per heavy atom. The number of hydrogen-bond acceptors (Lipinski definition) is 16. The number of Topliss-reactive ketones (excluding diaryl/α,β-unsaturated/α-hetero) is 8. The van der Waals surface area contributed by atoms with Crippen LogP contribution in [0.15, 0.2) is 82.8 Å². The molecule has 8 fully saturated rings. The van der Waals surface area contributed by atoms with Crippen LogP contribution in [0, 0.1) is 35.5 Å². The number of benzene rings is 2. The van der Waals surface area contributed by atoms with Gasteiger partial charge in [0, 0.05) is 106 Å². The van der Waals surface area contributed by atoms with Crippen molar-refractivity contribution in [2.24, 2.45) is 45.5 Å². The number of hydrogen-bond donors (Lipinski definition) is 0. The van der Waals surface area contributed by atoms with E-state index in [1.165, 1.54) is 90.1 Å². The molecule has 8 aromatic rings. The van der Waals surface area contributed by atoms with Crippen molar-refractivity contribution in [1.82, 2.24) is 0 Å². The summed E-state index contributed by atoms with van der Waals surface area (Å²) < 4.78 is 5.00. The van der Waals surface area contributed by atoms with Crippen LogP contribution < -0.4 is 0 Å². The Morgan fingerprint density at radius 3 is 1.25 bits per heavy atom. The predicted molar refractivity (Wildman–Crippen MR) is 411 cm³/mol. The van der Waals surface area contributed by atoms with Crippen LogP contribution in [0.1, 0.15) is 250 Å². The molecule has 0 radical (unpaired) electrons. The minimum atomic E-state index is -0.441. The van der Waals surface area contributed by atoms with Crippen molar-refractivity contribution >= 4 is 200 Å². The van der Waals surface area contributed by atoms with Gasteiger partial charge < -0.3 is 0 Å². The van der Waals surface area contributed by atoms with Gasteiger partial charge in [-0.05, 0) is 207 Å². The number of ketones is 8. The Morgan fingerprint density at radius 1 is 0.343 bits per heavy atom. The van der Waals surface area contributed by atoms with Crippen LogP contribution in [-0.2, 0) is 50.4 Å². The highest BCUT2D eigenvalue weighted by Gasteiger charge is 2.63. The number of nitrogens with zero attached hydrogens (tertiary/aromatic N) is 2. The van der Waals surface area contributed by atoms with Crippen molar-refractivity contribution < 1.29 is 38.4 Å². The van der Waals surface area contributed by atoms with Gasteiger partial charge >= 0.3 is 0 Å². The van der Waals surface area contributed by atoms with Crippen molar-refractivity contribution in [2.75, 3.05) is 0 Å². The van der Waals surface area contributed by atoms with Gasteiger partial charge in [-0.25, -0.2) is 9.98 Å². The van der Waals surface area contributed by atoms with E-state index < -0.39 is 23.1 Å². The van der Waals surface area contributed by atoms with Crippen LogP contribution in [0.4, 0.5) is 10.0 Å². The van der Waals surface area contributed by atoms with Gasteiger partial charge in [-0.3, -0.25) is 38.4 Å². The monoisotopic (exact) mass is 1450 g/mol. The number of carbonyl (C=O) groups is 8. The SMILES string of the molecule is O=C1C(=O)c2ccccc2/C1=C/c1cc2c(s1)C1=C(c3sc4cc(/C=C5\C(=O)C(=O)c6ccccc65)sc4c3C13CCCCC3)C21CCC(C2CCC3(CC2)C2=C(c4sc5cc(N=C6C(=O)C7CCCCC7C6=O)sc5c43)C3(CCCCC3)c3cc(N=C4C(=O)C5CCCCC5C4=O)sc32)CC1. The lowest BCUT2D eigenvalue weighted by molar-refractivity contribution is -0.120. The van der Waals surface area contributed by atoms with Crippen LogP contribution >= 0.6 is 68.0 Å². The third-order valence-electron chi connectivity index (χ3n) is 28.0. The highest BCUT2D eigenvalue weighted by Crippen LogP contribution is 2.76. The van der Waals surface area contributed by atoms with Gasteiger partial charge in [0.05, 0.1) is 9.40 Å². The molecule has 0 N–H and O–H groups in total. The maximum Gasteiger partial charge on any atom is 0.234 e. The average molecular weight is 1450 g/mol. The molecule has 6 aromatic heterocycles. The van der Waals surface area contributed by atoms with Gasteiger partial charge in [0.25, 0.3) is 0 Å². The number of rotatable bonds is 5. The van der Waals surface area contributed by atoms with Crippen LogP contribution in [-0.4, -0.2) is 57.7 Å². The summed E-state index contributed by atoms with van der Waals surface area (Å²) in [5.74, 6) is -1.92. The quantitative estimate of drug-likeness (QED) is 0.122. The standard InChI is InChI=1S/C86H72N2O8S6/c89-69-49-19-7-8-20-50(49)70(90)67(69)87-59-39-56-78(101-59)62-63(83(56)27-11-1-12-28-83)81-66(80-58(100-81)40-60(102-80)88-68-71(91)51-21-9-10-22-52(51)72(68)92)86(62)33-25-42(26-34-86)41-23-31-84(32-24-41)55-37-43(35-53-45-15-3-5-17-47(45)73(93)75(53)95)97-77(55)61-64(84)82-65(85(61)29-13-2-14-30-85)79-57(99-82)38-44(98-79)36-54-46-16-4-6-18-48(46)74(94)76(54)96/h3-6,15-18,35-42,49-52H,1-2,7-14,19-34H2/b53-35-,54-36-,87-67?,88-68?. The lowest BCUT2D eigenvalue weighted by atomic mass is 9.58. The predicted octanol–water partition coefficient (Wildman–Crippen LogP) is 20.9. The lowest BCUT2D eigenvalue weighted by Crippen LogP contribution is -2.37. The van der Waals surface area contributed by atoms with Crippen molar-refractivity contribution in [1.29, 1.82) is 0 Å². The molecule has 0 bridgehead atoms. The van der Waals surface area contributed by atoms with Gasteiger partial charge in [-0.2, -0.15) is 0 Å². The van der Waals surface area contributed by atoms with Crippen molar-refractivity contribution in [3.05, 3.63) is 147 Å². The zero-order valence-corrected chi connectivity index (χ0v) is 61.4. The molecule has 4 spiro atoms. The zero-order valence-electron chi connectivity index (χ0n) is 56.5. The number of carbonyl (C=O) groups excluding carboxylic acids is 8. The Balaban J connectivity index is 0.639. The Bertz CT molecular complexity index is 5450. The van der Waals surface area contributed by atoms with E-state index in [9.17, 15) is 38.4 Å². The van der Waals surface area contributed by atoms with Crippen LogP contribution in [0.25, 0.3) is 64.4 Å². The molecule has 14 aliphatic carbocycles. The van der Waals surface area contributed by atoms with E-state index in [0.717, 1.165) is 174 Å². The molecule has 4 unspecified atom stereocenters. The molecule has 0 amide bonds. The van der Waals surface area contributed by atoms with E-state index in [4.69, 9.17) is 9.98 Å². The minimum absolute atomic E-state index is 0.0515. The third kappa shape index (κ3) is 8.21. The summed E-state index contributed by atoms with van der Waals surface area (Å²) in [6.45, 7) is 0. The molecule has 0 aliphatic heterocycles. The highest BCUT2D eigenvalue weighted by atomic mass is 32.1. The molecule has 8 saturated carbocycles. The van der Waals surface area contributed by atoms with E-state index in [0.29, 0.717) is 45.2 Å². The molecule has 0 saturated heterocycles. The summed E-state index contributed by atoms with van der Waals surface area (Å²) >= 11 is 10.9. The molecule has 4 atom stereocenters. The number of aliphatic imine (C=N–C) groups is 2. The summed E-state index contributed by atoms with van der Waals surface area (Å²) in [6, 6.07) is 24.0. The fraction of sp³-hybridized carbons (Fsp3) is 0.419. The largest absolute Gasteiger partial charge is 0.292 e. The Hall–Kier alpha value is -7.18. The summed E-state index contributed by atoms with van der Waals surface area (Å²) in [7, 11) is 0. The molecular formula is C86H72N2O8S6. The summed E-state index contributed by atoms with van der Waals surface area (Å²) in [4.78, 5) is 129. The van der Waals surface area contributed by atoms with Gasteiger partial charge in [0.15, 0.2) is 34.6 Å². The van der Waals surface area contributed by atoms with Gasteiger partial charge in [-0.1, -0.05) is 113 Å². The van der Waals surface area contributed by atoms with E-state index in [-0.39, 0.29) is 79.9 Å². The zero-order chi connectivity index (χ0) is 68.2. The van der Waals surface area contributed by atoms with E-state index in [1.807, 2.05) is 82.6 Å². The lowest BCUT2D eigenvalue weighted by Gasteiger charge is -2.46. The number of allylic oxidation sites excluding steroid dienone is 6. The Kier molecular flexibility index (Phi) is 13.5. The molecule has 510 valence electrons. The molecule has 14 aliphatic rings. The highest BCUT2D eigenvalue weighted by molar-refractivity contribution is 7.31. The summed E-state index contributed by atoms with van der Waals surface area (Å²) in [6.07, 6.45) is 30.4. The molecule has 22 rings (SSSR count). The van der Waals surface area contributed by atoms with E-state index >= 15 is 0 Å². The summed E-state index contributed by atoms with van der Waals surface area (Å²) in [5, 5.41) is 1.54. The first-order valence-electron chi connectivity index (χ1n) is 37.8. The van der Waals surface area contributed by atoms with Gasteiger partial charge in [-0.15, -0.1) is 68.0 Å². The van der Waals surface area contributed by atoms with Crippen LogP contribution in [0.5, 0.6) is 0 Å². The normalized spacial score (nSPS) is 30.0. The molecule has 10 nitrogen and oxygen atoms in total. The average Bonchev–Trinajstić information content (AvgIpc) is 1.49. The fourth-order valence-corrected chi connectivity index (χ4v) is 32.0. The van der Waals surface area contributed by atoms with Crippen LogP contribution in [0.2, 0.25) is 0 Å². The first-order chi connectivity index (χ1) is 49.8. The molecule has 16 heteroatoms. The maximum absolute atomic E-state index is 14.1. The maximum atomic E-state index is 14.1. The smallest absolute Gasteiger partial charge is 0.234 e. The fourth-order valence-electron chi connectivity index (χ4n) is 23.5. The molecule has 102 heavy (non-hydrogen) atoms. The topological polar surface area (TPSA) is 161 Å². The van der Waals surface area contributed by atoms with Crippen molar-refractivity contribution in [3.63, 3.8) is 0 Å². The van der Waals surface area contributed by atoms with Gasteiger partial charge in [0.1, 0.15) is 10.0 Å². The first-order valence-corrected chi connectivity index (χ1v) is 42.7. The second-order valence-electron chi connectivity index (χ2n) is 32.5. The second kappa shape index (κ2) is 22.2. The number of thiophene rings is 6. The summed E-state index contributed by atoms with van der Waals surface area (Å²) in [5.41, 5.74) is 14.5. The third-order valence-corrected chi connectivity index (χ3v) is 34.9. The number of fused-ring (bicyclic) bond motifs is 24. The molecule has 2 aromatic carbocycles.